The summed E-state index contributed by atoms with van der Waals surface area (Å²) < 4.78 is 5.57. The van der Waals surface area contributed by atoms with Gasteiger partial charge in [0.2, 0.25) is 0 Å². The number of hydrogen-bond donors (Lipinski definition) is 1. The number of rotatable bonds is 6. The Bertz CT molecular complexity index is 447. The van der Waals surface area contributed by atoms with Gasteiger partial charge < -0.3 is 9.84 Å². The number of hydrogen-bond acceptors (Lipinski definition) is 5. The van der Waals surface area contributed by atoms with Gasteiger partial charge >= 0.3 is 0 Å². The lowest BCUT2D eigenvalue weighted by Crippen LogP contribution is -2.28. The van der Waals surface area contributed by atoms with Crippen LogP contribution in [-0.2, 0) is 0 Å². The Balaban J connectivity index is 1.72. The first-order chi connectivity index (χ1) is 9.56. The van der Waals surface area contributed by atoms with E-state index in [1.165, 1.54) is 12.1 Å². The van der Waals surface area contributed by atoms with Crippen molar-refractivity contribution in [1.82, 2.24) is 4.90 Å². The van der Waals surface area contributed by atoms with E-state index in [-0.39, 0.29) is 11.8 Å². The molecule has 0 radical (unpaired) electrons. The average molecular weight is 280 g/mol. The molecule has 1 aliphatic heterocycles. The first-order valence-corrected chi connectivity index (χ1v) is 6.84. The number of nitro groups is 1. The molecule has 1 heterocycles. The number of nitrogens with zero attached hydrogens (tertiary/aromatic N) is 2. The Morgan fingerprint density at radius 1 is 1.50 bits per heavy atom. The van der Waals surface area contributed by atoms with Gasteiger partial charge in [0, 0.05) is 25.2 Å². The van der Waals surface area contributed by atoms with E-state index in [9.17, 15) is 15.2 Å². The molecule has 0 amide bonds. The first-order valence-electron chi connectivity index (χ1n) is 6.84. The highest BCUT2D eigenvalue weighted by molar-refractivity contribution is 5.35. The largest absolute Gasteiger partial charge is 0.492 e. The van der Waals surface area contributed by atoms with Crippen molar-refractivity contribution >= 4 is 5.69 Å². The first kappa shape index (κ1) is 14.7. The van der Waals surface area contributed by atoms with Crippen LogP contribution in [0.25, 0.3) is 0 Å². The van der Waals surface area contributed by atoms with Gasteiger partial charge in [-0.25, -0.2) is 0 Å². The maximum absolute atomic E-state index is 10.5. The summed E-state index contributed by atoms with van der Waals surface area (Å²) in [6.07, 6.45) is 0.769. The van der Waals surface area contributed by atoms with Crippen LogP contribution in [0.4, 0.5) is 5.69 Å². The number of aliphatic hydroxyl groups is 1. The minimum absolute atomic E-state index is 0.0664. The SMILES string of the molecule is CC(O)C1CCN(CCOc2ccc([N+](=O)[O-])cc2)C1. The summed E-state index contributed by atoms with van der Waals surface area (Å²) in [4.78, 5) is 12.4. The zero-order chi connectivity index (χ0) is 14.5. The predicted octanol–water partition coefficient (Wildman–Crippen LogP) is 1.68. The second-order valence-corrected chi connectivity index (χ2v) is 5.19. The van der Waals surface area contributed by atoms with Crippen molar-refractivity contribution < 1.29 is 14.8 Å². The van der Waals surface area contributed by atoms with Crippen molar-refractivity contribution in [3.8, 4) is 5.75 Å². The minimum Gasteiger partial charge on any atom is -0.492 e. The standard InChI is InChI=1S/C14H20N2O4/c1-11(17)12-6-7-15(10-12)8-9-20-14-4-2-13(3-5-14)16(18)19/h2-5,11-12,17H,6-10H2,1H3. The van der Waals surface area contributed by atoms with Crippen molar-refractivity contribution in [1.29, 1.82) is 0 Å². The van der Waals surface area contributed by atoms with Crippen molar-refractivity contribution in [2.45, 2.75) is 19.4 Å². The molecule has 0 aliphatic carbocycles. The van der Waals surface area contributed by atoms with Gasteiger partial charge in [0.1, 0.15) is 12.4 Å². The van der Waals surface area contributed by atoms with E-state index in [0.717, 1.165) is 26.1 Å². The molecule has 2 unspecified atom stereocenters. The van der Waals surface area contributed by atoms with Crippen molar-refractivity contribution in [3.63, 3.8) is 0 Å². The Kier molecular flexibility index (Phi) is 4.92. The van der Waals surface area contributed by atoms with Gasteiger partial charge in [-0.1, -0.05) is 0 Å². The monoisotopic (exact) mass is 280 g/mol. The summed E-state index contributed by atoms with van der Waals surface area (Å²) in [5.41, 5.74) is 0.0664. The lowest BCUT2D eigenvalue weighted by Gasteiger charge is -2.17. The summed E-state index contributed by atoms with van der Waals surface area (Å²) in [7, 11) is 0. The molecule has 0 aromatic heterocycles. The average Bonchev–Trinajstić information content (AvgIpc) is 2.88. The van der Waals surface area contributed by atoms with E-state index in [1.54, 1.807) is 12.1 Å². The second kappa shape index (κ2) is 6.67. The Hall–Kier alpha value is -1.66. The minimum atomic E-state index is -0.426. The van der Waals surface area contributed by atoms with Gasteiger partial charge in [-0.2, -0.15) is 0 Å². The van der Waals surface area contributed by atoms with Gasteiger partial charge in [0.15, 0.2) is 0 Å². The predicted molar refractivity (Wildman–Crippen MR) is 74.8 cm³/mol. The van der Waals surface area contributed by atoms with E-state index in [4.69, 9.17) is 4.74 Å². The van der Waals surface area contributed by atoms with Gasteiger partial charge in [-0.05, 0) is 37.9 Å². The molecule has 1 N–H and O–H groups in total. The van der Waals surface area contributed by atoms with Crippen LogP contribution >= 0.6 is 0 Å². The summed E-state index contributed by atoms with van der Waals surface area (Å²) in [5.74, 6) is 0.997. The maximum Gasteiger partial charge on any atom is 0.269 e. The quantitative estimate of drug-likeness (QED) is 0.633. The van der Waals surface area contributed by atoms with Crippen LogP contribution < -0.4 is 4.74 Å². The number of non-ortho nitro benzene ring substituents is 1. The molecule has 20 heavy (non-hydrogen) atoms. The van der Waals surface area contributed by atoms with Crippen LogP contribution in [0.5, 0.6) is 5.75 Å². The van der Waals surface area contributed by atoms with Crippen molar-refractivity contribution in [2.24, 2.45) is 5.92 Å². The van der Waals surface area contributed by atoms with Crippen LogP contribution in [-0.4, -0.2) is 47.3 Å². The van der Waals surface area contributed by atoms with Crippen LogP contribution in [0.2, 0.25) is 0 Å². The van der Waals surface area contributed by atoms with E-state index in [1.807, 2.05) is 6.92 Å². The fraction of sp³-hybridized carbons (Fsp3) is 0.571. The molecular weight excluding hydrogens is 260 g/mol. The molecule has 2 rings (SSSR count). The van der Waals surface area contributed by atoms with E-state index in [0.29, 0.717) is 18.3 Å². The number of aliphatic hydroxyl groups excluding tert-OH is 1. The number of benzene rings is 1. The molecule has 110 valence electrons. The molecule has 1 saturated heterocycles. The fourth-order valence-corrected chi connectivity index (χ4v) is 2.42. The summed E-state index contributed by atoms with van der Waals surface area (Å²) in [6, 6.07) is 6.10. The molecule has 6 nitrogen and oxygen atoms in total. The maximum atomic E-state index is 10.5. The normalized spacial score (nSPS) is 20.8. The molecular formula is C14H20N2O4. The Morgan fingerprint density at radius 3 is 2.75 bits per heavy atom. The van der Waals surface area contributed by atoms with E-state index < -0.39 is 4.92 Å². The summed E-state index contributed by atoms with van der Waals surface area (Å²) in [5, 5.41) is 20.1. The topological polar surface area (TPSA) is 75.8 Å². The lowest BCUT2D eigenvalue weighted by molar-refractivity contribution is -0.384. The number of nitro benzene ring substituents is 1. The zero-order valence-electron chi connectivity index (χ0n) is 11.6. The Labute approximate surface area is 118 Å². The van der Waals surface area contributed by atoms with Crippen molar-refractivity contribution in [2.75, 3.05) is 26.2 Å². The highest BCUT2D eigenvalue weighted by Crippen LogP contribution is 2.20. The molecule has 2 atom stereocenters. The number of likely N-dealkylation sites (tertiary alicyclic amines) is 1. The van der Waals surface area contributed by atoms with Crippen LogP contribution in [0.3, 0.4) is 0 Å². The van der Waals surface area contributed by atoms with E-state index >= 15 is 0 Å². The molecule has 0 bridgehead atoms. The molecule has 1 aliphatic rings. The zero-order valence-corrected chi connectivity index (χ0v) is 11.6. The summed E-state index contributed by atoms with van der Waals surface area (Å²) >= 11 is 0. The highest BCUT2D eigenvalue weighted by atomic mass is 16.6. The fourth-order valence-electron chi connectivity index (χ4n) is 2.42. The Morgan fingerprint density at radius 2 is 2.20 bits per heavy atom. The molecule has 1 fully saturated rings. The van der Waals surface area contributed by atoms with Gasteiger partial charge in [0.05, 0.1) is 11.0 Å². The molecule has 0 spiro atoms. The molecule has 0 saturated carbocycles. The van der Waals surface area contributed by atoms with Crippen LogP contribution in [0.15, 0.2) is 24.3 Å². The lowest BCUT2D eigenvalue weighted by atomic mass is 10.0. The van der Waals surface area contributed by atoms with Gasteiger partial charge in [0.25, 0.3) is 5.69 Å². The van der Waals surface area contributed by atoms with Crippen LogP contribution in [0, 0.1) is 16.0 Å². The molecule has 1 aromatic rings. The molecule has 6 heteroatoms. The smallest absolute Gasteiger partial charge is 0.269 e. The van der Waals surface area contributed by atoms with Crippen molar-refractivity contribution in [3.05, 3.63) is 34.4 Å². The highest BCUT2D eigenvalue weighted by Gasteiger charge is 2.25. The summed E-state index contributed by atoms with van der Waals surface area (Å²) in [6.45, 7) is 5.08. The third-order valence-corrected chi connectivity index (χ3v) is 3.71. The van der Waals surface area contributed by atoms with Gasteiger partial charge in [-0.3, -0.25) is 15.0 Å². The third-order valence-electron chi connectivity index (χ3n) is 3.71. The molecule has 1 aromatic carbocycles. The van der Waals surface area contributed by atoms with Gasteiger partial charge in [-0.15, -0.1) is 0 Å². The van der Waals surface area contributed by atoms with Crippen LogP contribution in [0.1, 0.15) is 13.3 Å². The number of ether oxygens (including phenoxy) is 1. The third kappa shape index (κ3) is 3.91. The van der Waals surface area contributed by atoms with E-state index in [2.05, 4.69) is 4.90 Å². The second-order valence-electron chi connectivity index (χ2n) is 5.19.